The molecule has 0 aliphatic heterocycles. The highest BCUT2D eigenvalue weighted by molar-refractivity contribution is 6.31. The molecule has 1 aromatic carbocycles. The predicted octanol–water partition coefficient (Wildman–Crippen LogP) is 3.88. The van der Waals surface area contributed by atoms with Crippen LogP contribution in [0.2, 0.25) is 5.02 Å². The van der Waals surface area contributed by atoms with Gasteiger partial charge in [-0.15, -0.1) is 0 Å². The second kappa shape index (κ2) is 4.56. The van der Waals surface area contributed by atoms with E-state index < -0.39 is 0 Å². The number of halogens is 1. The third-order valence-electron chi connectivity index (χ3n) is 2.49. The van der Waals surface area contributed by atoms with Crippen molar-refractivity contribution in [2.45, 2.75) is 0 Å². The second-order valence-corrected chi connectivity index (χ2v) is 4.20. The van der Waals surface area contributed by atoms with Crippen LogP contribution in [-0.4, -0.2) is 4.98 Å². The van der Waals surface area contributed by atoms with Crippen LogP contribution in [0.25, 0.3) is 11.1 Å². The Kier molecular flexibility index (Phi) is 2.76. The van der Waals surface area contributed by atoms with E-state index in [-0.39, 0.29) is 0 Å². The molecule has 0 radical (unpaired) electrons. The number of fused-ring (bicyclic) bond motifs is 1. The lowest BCUT2D eigenvalue weighted by Crippen LogP contribution is -1.77. The van der Waals surface area contributed by atoms with Gasteiger partial charge in [0, 0.05) is 17.8 Å². The van der Waals surface area contributed by atoms with Crippen molar-refractivity contribution in [3.8, 4) is 11.8 Å². The molecule has 0 N–H and O–H groups in total. The number of pyridine rings is 1. The Bertz CT molecular complexity index is 750. The highest BCUT2D eigenvalue weighted by Gasteiger charge is 2.05. The van der Waals surface area contributed by atoms with Crippen molar-refractivity contribution in [1.29, 1.82) is 0 Å². The standard InChI is InChI=1S/C15H8ClNO/c16-13-8-14-15(17-9-13)12(10-18-14)7-6-11-4-2-1-3-5-11/h1-5,8-10H. The van der Waals surface area contributed by atoms with Crippen molar-refractivity contribution in [3.05, 3.63) is 65.0 Å². The van der Waals surface area contributed by atoms with Crippen LogP contribution in [0.1, 0.15) is 11.1 Å². The summed E-state index contributed by atoms with van der Waals surface area (Å²) in [5.74, 6) is 6.12. The maximum absolute atomic E-state index is 5.84. The molecule has 86 valence electrons. The first-order valence-corrected chi connectivity index (χ1v) is 5.80. The van der Waals surface area contributed by atoms with E-state index in [2.05, 4.69) is 16.8 Å². The predicted molar refractivity (Wildman–Crippen MR) is 71.4 cm³/mol. The molecule has 3 rings (SSSR count). The van der Waals surface area contributed by atoms with Crippen LogP contribution < -0.4 is 0 Å². The topological polar surface area (TPSA) is 26.0 Å². The van der Waals surface area contributed by atoms with Gasteiger partial charge in [-0.05, 0) is 12.1 Å². The van der Waals surface area contributed by atoms with Crippen LogP contribution in [-0.2, 0) is 0 Å². The molecule has 2 aromatic heterocycles. The van der Waals surface area contributed by atoms with Crippen molar-refractivity contribution in [3.63, 3.8) is 0 Å². The smallest absolute Gasteiger partial charge is 0.155 e. The molecular formula is C15H8ClNO. The largest absolute Gasteiger partial charge is 0.461 e. The van der Waals surface area contributed by atoms with E-state index >= 15 is 0 Å². The lowest BCUT2D eigenvalue weighted by atomic mass is 10.2. The first kappa shape index (κ1) is 10.9. The first-order chi connectivity index (χ1) is 8.83. The molecule has 0 bridgehead atoms. The number of hydrogen-bond donors (Lipinski definition) is 0. The summed E-state index contributed by atoms with van der Waals surface area (Å²) < 4.78 is 5.37. The average molecular weight is 254 g/mol. The van der Waals surface area contributed by atoms with Crippen LogP contribution in [0.15, 0.2) is 53.3 Å². The molecule has 0 spiro atoms. The average Bonchev–Trinajstić information content (AvgIpc) is 2.80. The SMILES string of the molecule is Clc1cnc2c(C#Cc3ccccc3)coc2c1. The molecule has 0 amide bonds. The summed E-state index contributed by atoms with van der Waals surface area (Å²) in [7, 11) is 0. The van der Waals surface area contributed by atoms with Gasteiger partial charge in [0.1, 0.15) is 11.8 Å². The third-order valence-corrected chi connectivity index (χ3v) is 2.70. The van der Waals surface area contributed by atoms with E-state index in [4.69, 9.17) is 16.0 Å². The van der Waals surface area contributed by atoms with Gasteiger partial charge < -0.3 is 4.42 Å². The van der Waals surface area contributed by atoms with Gasteiger partial charge >= 0.3 is 0 Å². The molecule has 2 heterocycles. The number of nitrogens with zero attached hydrogens (tertiary/aromatic N) is 1. The van der Waals surface area contributed by atoms with E-state index in [0.29, 0.717) is 10.6 Å². The zero-order valence-electron chi connectivity index (χ0n) is 9.35. The summed E-state index contributed by atoms with van der Waals surface area (Å²) in [6.07, 6.45) is 3.19. The Morgan fingerprint density at radius 2 is 1.94 bits per heavy atom. The van der Waals surface area contributed by atoms with E-state index in [1.165, 1.54) is 0 Å². The molecule has 0 aliphatic carbocycles. The zero-order valence-corrected chi connectivity index (χ0v) is 10.1. The third kappa shape index (κ3) is 2.09. The Labute approximate surface area is 109 Å². The molecule has 0 aliphatic rings. The summed E-state index contributed by atoms with van der Waals surface area (Å²) in [6, 6.07) is 11.5. The van der Waals surface area contributed by atoms with Crippen molar-refractivity contribution >= 4 is 22.7 Å². The Morgan fingerprint density at radius 1 is 1.11 bits per heavy atom. The van der Waals surface area contributed by atoms with E-state index in [0.717, 1.165) is 16.6 Å². The molecule has 0 fully saturated rings. The zero-order chi connectivity index (χ0) is 12.4. The van der Waals surface area contributed by atoms with Crippen LogP contribution in [0.5, 0.6) is 0 Å². The minimum atomic E-state index is 0.555. The molecule has 0 saturated heterocycles. The number of aromatic nitrogens is 1. The minimum absolute atomic E-state index is 0.555. The highest BCUT2D eigenvalue weighted by atomic mass is 35.5. The van der Waals surface area contributed by atoms with E-state index in [1.54, 1.807) is 18.5 Å². The quantitative estimate of drug-likeness (QED) is 0.568. The monoisotopic (exact) mass is 253 g/mol. The number of rotatable bonds is 0. The summed E-state index contributed by atoms with van der Waals surface area (Å²) in [5.41, 5.74) is 3.12. The van der Waals surface area contributed by atoms with Gasteiger partial charge in [-0.1, -0.05) is 41.6 Å². The Morgan fingerprint density at radius 3 is 2.78 bits per heavy atom. The Balaban J connectivity index is 2.04. The fourth-order valence-electron chi connectivity index (χ4n) is 1.64. The molecule has 3 aromatic rings. The summed E-state index contributed by atoms with van der Waals surface area (Å²) in [6.45, 7) is 0. The van der Waals surface area contributed by atoms with Crippen molar-refractivity contribution in [1.82, 2.24) is 4.98 Å². The van der Waals surface area contributed by atoms with Gasteiger partial charge in [0.2, 0.25) is 0 Å². The highest BCUT2D eigenvalue weighted by Crippen LogP contribution is 2.21. The lowest BCUT2D eigenvalue weighted by molar-refractivity contribution is 0.614. The fourth-order valence-corrected chi connectivity index (χ4v) is 1.79. The van der Waals surface area contributed by atoms with Crippen LogP contribution >= 0.6 is 11.6 Å². The number of hydrogen-bond acceptors (Lipinski definition) is 2. The molecule has 18 heavy (non-hydrogen) atoms. The normalized spacial score (nSPS) is 10.1. The van der Waals surface area contributed by atoms with Crippen molar-refractivity contribution < 1.29 is 4.42 Å². The number of furan rings is 1. The maximum Gasteiger partial charge on any atom is 0.155 e. The lowest BCUT2D eigenvalue weighted by Gasteiger charge is -1.89. The van der Waals surface area contributed by atoms with Gasteiger partial charge in [0.25, 0.3) is 0 Å². The van der Waals surface area contributed by atoms with Crippen molar-refractivity contribution in [2.75, 3.05) is 0 Å². The van der Waals surface area contributed by atoms with Crippen LogP contribution in [0, 0.1) is 11.8 Å². The van der Waals surface area contributed by atoms with Crippen LogP contribution in [0.3, 0.4) is 0 Å². The van der Waals surface area contributed by atoms with Gasteiger partial charge in [-0.3, -0.25) is 0 Å². The van der Waals surface area contributed by atoms with Gasteiger partial charge in [-0.25, -0.2) is 4.98 Å². The fraction of sp³-hybridized carbons (Fsp3) is 0. The molecule has 0 atom stereocenters. The van der Waals surface area contributed by atoms with E-state index in [1.807, 2.05) is 30.3 Å². The molecular weight excluding hydrogens is 246 g/mol. The maximum atomic E-state index is 5.84. The molecule has 3 heteroatoms. The summed E-state index contributed by atoms with van der Waals surface area (Å²) in [4.78, 5) is 4.22. The minimum Gasteiger partial charge on any atom is -0.461 e. The number of benzene rings is 1. The van der Waals surface area contributed by atoms with Gasteiger partial charge in [0.15, 0.2) is 5.58 Å². The summed E-state index contributed by atoms with van der Waals surface area (Å²) >= 11 is 5.84. The van der Waals surface area contributed by atoms with E-state index in [9.17, 15) is 0 Å². The van der Waals surface area contributed by atoms with Crippen LogP contribution in [0.4, 0.5) is 0 Å². The summed E-state index contributed by atoms with van der Waals surface area (Å²) in [5, 5.41) is 0.555. The first-order valence-electron chi connectivity index (χ1n) is 5.43. The van der Waals surface area contributed by atoms with Gasteiger partial charge in [-0.2, -0.15) is 0 Å². The molecule has 0 unspecified atom stereocenters. The van der Waals surface area contributed by atoms with Gasteiger partial charge in [0.05, 0.1) is 10.6 Å². The molecule has 2 nitrogen and oxygen atoms in total. The Hall–Kier alpha value is -2.24. The molecule has 0 saturated carbocycles. The van der Waals surface area contributed by atoms with Crippen molar-refractivity contribution in [2.24, 2.45) is 0 Å². The second-order valence-electron chi connectivity index (χ2n) is 3.77.